The molecule has 0 atom stereocenters. The molecule has 0 saturated carbocycles. The summed E-state index contributed by atoms with van der Waals surface area (Å²) >= 11 is 0. The number of aryl methyl sites for hydroxylation is 2. The molecule has 0 saturated heterocycles. The second kappa shape index (κ2) is 6.30. The van der Waals surface area contributed by atoms with Gasteiger partial charge in [-0.25, -0.2) is 0 Å². The van der Waals surface area contributed by atoms with Crippen molar-refractivity contribution in [1.29, 1.82) is 0 Å². The van der Waals surface area contributed by atoms with E-state index in [0.29, 0.717) is 30.2 Å². The zero-order valence-corrected chi connectivity index (χ0v) is 12.5. The molecule has 6 heteroatoms. The van der Waals surface area contributed by atoms with Gasteiger partial charge in [0.1, 0.15) is 11.3 Å². The third-order valence-electron chi connectivity index (χ3n) is 3.14. The van der Waals surface area contributed by atoms with Crippen molar-refractivity contribution in [1.82, 2.24) is 15.1 Å². The van der Waals surface area contributed by atoms with Crippen LogP contribution in [-0.2, 0) is 13.6 Å². The minimum absolute atomic E-state index is 0.250. The second-order valence-electron chi connectivity index (χ2n) is 4.75. The molecule has 0 radical (unpaired) electrons. The number of nitrogen functional groups attached to an aromatic ring is 1. The van der Waals surface area contributed by atoms with Crippen LogP contribution >= 0.6 is 0 Å². The van der Waals surface area contributed by atoms with Gasteiger partial charge < -0.3 is 15.8 Å². The van der Waals surface area contributed by atoms with Crippen LogP contribution in [0.1, 0.15) is 28.5 Å². The molecule has 0 bridgehead atoms. The quantitative estimate of drug-likeness (QED) is 0.819. The maximum absolute atomic E-state index is 12.4. The number of ether oxygens (including phenoxy) is 1. The number of nitrogens with zero attached hydrogens (tertiary/aromatic N) is 2. The number of benzene rings is 1. The van der Waals surface area contributed by atoms with E-state index in [4.69, 9.17) is 10.5 Å². The maximum Gasteiger partial charge on any atom is 0.257 e. The van der Waals surface area contributed by atoms with Crippen LogP contribution in [0.5, 0.6) is 5.75 Å². The maximum atomic E-state index is 12.4. The van der Waals surface area contributed by atoms with Crippen molar-refractivity contribution in [2.24, 2.45) is 7.05 Å². The summed E-state index contributed by atoms with van der Waals surface area (Å²) in [5.74, 6) is 0.248. The molecule has 21 heavy (non-hydrogen) atoms. The fraction of sp³-hybridized carbons (Fsp3) is 0.333. The molecule has 2 rings (SSSR count). The smallest absolute Gasteiger partial charge is 0.257 e. The van der Waals surface area contributed by atoms with Crippen molar-refractivity contribution in [2.75, 3.05) is 12.3 Å². The first-order valence-corrected chi connectivity index (χ1v) is 6.81. The number of carbonyl (C=O) groups excluding carboxylic acids is 1. The monoisotopic (exact) mass is 288 g/mol. The summed E-state index contributed by atoms with van der Waals surface area (Å²) in [7, 11) is 1.85. The Hall–Kier alpha value is -2.50. The topological polar surface area (TPSA) is 82.2 Å². The summed E-state index contributed by atoms with van der Waals surface area (Å²) in [4.78, 5) is 12.4. The van der Waals surface area contributed by atoms with Gasteiger partial charge >= 0.3 is 0 Å². The number of carbonyl (C=O) groups is 1. The van der Waals surface area contributed by atoms with E-state index < -0.39 is 0 Å². The minimum atomic E-state index is -0.250. The van der Waals surface area contributed by atoms with Crippen molar-refractivity contribution in [3.63, 3.8) is 0 Å². The van der Waals surface area contributed by atoms with Crippen LogP contribution in [0, 0.1) is 6.92 Å². The highest BCUT2D eigenvalue weighted by Gasteiger charge is 2.16. The third kappa shape index (κ3) is 3.34. The van der Waals surface area contributed by atoms with Gasteiger partial charge in [-0.15, -0.1) is 0 Å². The van der Waals surface area contributed by atoms with Crippen molar-refractivity contribution in [3.05, 3.63) is 41.2 Å². The molecular weight excluding hydrogens is 268 g/mol. The SMILES string of the molecule is CCOc1cccc(N)c1C(=O)NCc1cn(C)nc1C. The van der Waals surface area contributed by atoms with E-state index in [2.05, 4.69) is 10.4 Å². The van der Waals surface area contributed by atoms with Gasteiger partial charge in [-0.05, 0) is 26.0 Å². The van der Waals surface area contributed by atoms with E-state index in [-0.39, 0.29) is 5.91 Å². The highest BCUT2D eigenvalue weighted by Crippen LogP contribution is 2.24. The fourth-order valence-electron chi connectivity index (χ4n) is 2.15. The summed E-state index contributed by atoms with van der Waals surface area (Å²) in [5, 5.41) is 7.10. The predicted molar refractivity (Wildman–Crippen MR) is 81.1 cm³/mol. The van der Waals surface area contributed by atoms with Gasteiger partial charge in [-0.1, -0.05) is 6.07 Å². The number of hydrogen-bond donors (Lipinski definition) is 2. The van der Waals surface area contributed by atoms with Gasteiger partial charge in [0, 0.05) is 31.0 Å². The van der Waals surface area contributed by atoms with Crippen LogP contribution < -0.4 is 15.8 Å². The first kappa shape index (κ1) is 14.9. The number of aromatic nitrogens is 2. The Bertz CT molecular complexity index is 649. The molecule has 1 aromatic carbocycles. The zero-order valence-electron chi connectivity index (χ0n) is 12.5. The molecule has 0 aliphatic carbocycles. The average Bonchev–Trinajstić information content (AvgIpc) is 2.75. The summed E-state index contributed by atoms with van der Waals surface area (Å²) < 4.78 is 7.18. The number of amides is 1. The van der Waals surface area contributed by atoms with Gasteiger partial charge in [0.2, 0.25) is 0 Å². The lowest BCUT2D eigenvalue weighted by atomic mass is 10.1. The Labute approximate surface area is 123 Å². The number of rotatable bonds is 5. The van der Waals surface area contributed by atoms with Crippen LogP contribution in [0.25, 0.3) is 0 Å². The molecule has 1 amide bonds. The minimum Gasteiger partial charge on any atom is -0.493 e. The summed E-state index contributed by atoms with van der Waals surface area (Å²) in [6.07, 6.45) is 1.88. The molecule has 1 aromatic heterocycles. The lowest BCUT2D eigenvalue weighted by Gasteiger charge is -2.12. The van der Waals surface area contributed by atoms with E-state index in [1.54, 1.807) is 22.9 Å². The average molecular weight is 288 g/mol. The van der Waals surface area contributed by atoms with E-state index in [1.165, 1.54) is 0 Å². The molecule has 1 heterocycles. The van der Waals surface area contributed by atoms with Gasteiger partial charge in [0.05, 0.1) is 12.3 Å². The summed E-state index contributed by atoms with van der Waals surface area (Å²) in [5.41, 5.74) is 8.54. The van der Waals surface area contributed by atoms with Crippen molar-refractivity contribution in [2.45, 2.75) is 20.4 Å². The summed E-state index contributed by atoms with van der Waals surface area (Å²) in [6, 6.07) is 5.19. The zero-order chi connectivity index (χ0) is 15.4. The Morgan fingerprint density at radius 1 is 1.48 bits per heavy atom. The molecule has 0 aliphatic heterocycles. The molecule has 0 unspecified atom stereocenters. The third-order valence-corrected chi connectivity index (χ3v) is 3.14. The Morgan fingerprint density at radius 3 is 2.86 bits per heavy atom. The van der Waals surface area contributed by atoms with Crippen molar-refractivity contribution in [3.8, 4) is 5.75 Å². The molecule has 0 aliphatic rings. The lowest BCUT2D eigenvalue weighted by molar-refractivity contribution is 0.0948. The lowest BCUT2D eigenvalue weighted by Crippen LogP contribution is -2.24. The van der Waals surface area contributed by atoms with E-state index >= 15 is 0 Å². The first-order chi connectivity index (χ1) is 10.0. The van der Waals surface area contributed by atoms with Crippen LogP contribution in [0.4, 0.5) is 5.69 Å². The largest absolute Gasteiger partial charge is 0.493 e. The predicted octanol–water partition coefficient (Wildman–Crippen LogP) is 1.64. The highest BCUT2D eigenvalue weighted by atomic mass is 16.5. The number of anilines is 1. The van der Waals surface area contributed by atoms with Crippen LogP contribution in [0.2, 0.25) is 0 Å². The van der Waals surface area contributed by atoms with Gasteiger partial charge in [-0.2, -0.15) is 5.10 Å². The van der Waals surface area contributed by atoms with Gasteiger partial charge in [0.25, 0.3) is 5.91 Å². The van der Waals surface area contributed by atoms with Gasteiger partial charge in [0.15, 0.2) is 0 Å². The van der Waals surface area contributed by atoms with Crippen LogP contribution in [-0.4, -0.2) is 22.3 Å². The van der Waals surface area contributed by atoms with Gasteiger partial charge in [-0.3, -0.25) is 9.48 Å². The van der Waals surface area contributed by atoms with E-state index in [9.17, 15) is 4.79 Å². The Balaban J connectivity index is 2.15. The molecular formula is C15H20N4O2. The first-order valence-electron chi connectivity index (χ1n) is 6.81. The molecule has 3 N–H and O–H groups in total. The summed E-state index contributed by atoms with van der Waals surface area (Å²) in [6.45, 7) is 4.65. The van der Waals surface area contributed by atoms with E-state index in [0.717, 1.165) is 11.3 Å². The second-order valence-corrected chi connectivity index (χ2v) is 4.75. The number of nitrogens with one attached hydrogen (secondary N) is 1. The Morgan fingerprint density at radius 2 is 2.24 bits per heavy atom. The molecule has 112 valence electrons. The molecule has 2 aromatic rings. The highest BCUT2D eigenvalue weighted by molar-refractivity contribution is 6.01. The van der Waals surface area contributed by atoms with Crippen LogP contribution in [0.3, 0.4) is 0 Å². The number of nitrogens with two attached hydrogens (primary N) is 1. The van der Waals surface area contributed by atoms with Crippen molar-refractivity contribution < 1.29 is 9.53 Å². The van der Waals surface area contributed by atoms with E-state index in [1.807, 2.05) is 27.1 Å². The van der Waals surface area contributed by atoms with Crippen molar-refractivity contribution >= 4 is 11.6 Å². The normalized spacial score (nSPS) is 10.4. The number of hydrogen-bond acceptors (Lipinski definition) is 4. The Kier molecular flexibility index (Phi) is 4.47. The molecule has 0 fully saturated rings. The fourth-order valence-corrected chi connectivity index (χ4v) is 2.15. The molecule has 6 nitrogen and oxygen atoms in total. The standard InChI is InChI=1S/C15H20N4O2/c1-4-21-13-7-5-6-12(16)14(13)15(20)17-8-11-9-19(3)18-10(11)2/h5-7,9H,4,8,16H2,1-3H3,(H,17,20). The van der Waals surface area contributed by atoms with Crippen LogP contribution in [0.15, 0.2) is 24.4 Å². The molecule has 0 spiro atoms.